The van der Waals surface area contributed by atoms with Crippen molar-refractivity contribution in [1.29, 1.82) is 0 Å². The van der Waals surface area contributed by atoms with Crippen molar-refractivity contribution in [3.05, 3.63) is 47.8 Å². The zero-order valence-corrected chi connectivity index (χ0v) is 11.6. The molecule has 3 rings (SSSR count). The van der Waals surface area contributed by atoms with Gasteiger partial charge in [-0.1, -0.05) is 18.2 Å². The molecule has 0 saturated carbocycles. The molecule has 0 amide bonds. The van der Waals surface area contributed by atoms with Gasteiger partial charge in [0.1, 0.15) is 5.75 Å². The normalized spacial score (nSPS) is 19.2. The number of hydrazine groups is 1. The SMILES string of the molecule is Cn1cc(C(CC2CCOc3ccccc32)NN)cn1. The van der Waals surface area contributed by atoms with Gasteiger partial charge < -0.3 is 4.74 Å². The molecule has 0 bridgehead atoms. The number of nitrogens with one attached hydrogen (secondary N) is 1. The molecule has 5 nitrogen and oxygen atoms in total. The van der Waals surface area contributed by atoms with E-state index >= 15 is 0 Å². The summed E-state index contributed by atoms with van der Waals surface area (Å²) in [4.78, 5) is 0. The first-order valence-corrected chi connectivity index (χ1v) is 6.94. The maximum Gasteiger partial charge on any atom is 0.122 e. The van der Waals surface area contributed by atoms with Crippen molar-refractivity contribution in [3.63, 3.8) is 0 Å². The highest BCUT2D eigenvalue weighted by Gasteiger charge is 2.25. The average Bonchev–Trinajstić information content (AvgIpc) is 2.91. The molecule has 2 aromatic rings. The number of nitrogens with two attached hydrogens (primary N) is 1. The Bertz CT molecular complexity index is 581. The summed E-state index contributed by atoms with van der Waals surface area (Å²) in [7, 11) is 1.92. The van der Waals surface area contributed by atoms with Gasteiger partial charge in [-0.05, 0) is 30.4 Å². The van der Waals surface area contributed by atoms with Gasteiger partial charge in [-0.2, -0.15) is 5.10 Å². The van der Waals surface area contributed by atoms with Gasteiger partial charge in [0.05, 0.1) is 12.8 Å². The summed E-state index contributed by atoms with van der Waals surface area (Å²) < 4.78 is 7.51. The molecule has 1 aromatic heterocycles. The summed E-state index contributed by atoms with van der Waals surface area (Å²) in [6.45, 7) is 0.770. The molecular weight excluding hydrogens is 252 g/mol. The van der Waals surface area contributed by atoms with Gasteiger partial charge in [-0.25, -0.2) is 0 Å². The van der Waals surface area contributed by atoms with E-state index in [9.17, 15) is 0 Å². The molecule has 2 atom stereocenters. The van der Waals surface area contributed by atoms with Crippen molar-refractivity contribution >= 4 is 0 Å². The van der Waals surface area contributed by atoms with Gasteiger partial charge in [0.15, 0.2) is 0 Å². The number of aryl methyl sites for hydroxylation is 1. The molecule has 1 aliphatic heterocycles. The van der Waals surface area contributed by atoms with E-state index in [0.29, 0.717) is 5.92 Å². The number of ether oxygens (including phenoxy) is 1. The second-order valence-corrected chi connectivity index (χ2v) is 5.27. The van der Waals surface area contributed by atoms with Crippen LogP contribution in [-0.2, 0) is 7.05 Å². The quantitative estimate of drug-likeness (QED) is 0.659. The van der Waals surface area contributed by atoms with Crippen LogP contribution in [0.25, 0.3) is 0 Å². The lowest BCUT2D eigenvalue weighted by molar-refractivity contribution is 0.255. The van der Waals surface area contributed by atoms with E-state index in [0.717, 1.165) is 30.8 Å². The van der Waals surface area contributed by atoms with Crippen LogP contribution in [0.15, 0.2) is 36.7 Å². The summed E-state index contributed by atoms with van der Waals surface area (Å²) in [5.74, 6) is 7.20. The first kappa shape index (κ1) is 13.1. The van der Waals surface area contributed by atoms with E-state index in [1.165, 1.54) is 5.56 Å². The minimum Gasteiger partial charge on any atom is -0.493 e. The van der Waals surface area contributed by atoms with Crippen molar-refractivity contribution in [1.82, 2.24) is 15.2 Å². The van der Waals surface area contributed by atoms with Crippen LogP contribution in [0.4, 0.5) is 0 Å². The summed E-state index contributed by atoms with van der Waals surface area (Å²) in [5.41, 5.74) is 5.32. The predicted molar refractivity (Wildman–Crippen MR) is 77.2 cm³/mol. The predicted octanol–water partition coefficient (Wildman–Crippen LogP) is 1.88. The van der Waals surface area contributed by atoms with Gasteiger partial charge in [0, 0.05) is 24.8 Å². The fourth-order valence-corrected chi connectivity index (χ4v) is 2.87. The van der Waals surface area contributed by atoms with Gasteiger partial charge in [0.25, 0.3) is 0 Å². The van der Waals surface area contributed by atoms with Crippen molar-refractivity contribution in [2.24, 2.45) is 12.9 Å². The van der Waals surface area contributed by atoms with Crippen LogP contribution in [0.5, 0.6) is 5.75 Å². The lowest BCUT2D eigenvalue weighted by Gasteiger charge is -2.28. The molecule has 0 saturated heterocycles. The topological polar surface area (TPSA) is 65.1 Å². The Morgan fingerprint density at radius 1 is 1.50 bits per heavy atom. The Kier molecular flexibility index (Phi) is 3.71. The monoisotopic (exact) mass is 272 g/mol. The van der Waals surface area contributed by atoms with Gasteiger partial charge >= 0.3 is 0 Å². The number of benzene rings is 1. The molecule has 3 N–H and O–H groups in total. The zero-order valence-electron chi connectivity index (χ0n) is 11.6. The lowest BCUT2D eigenvalue weighted by Crippen LogP contribution is -2.30. The number of hydrogen-bond acceptors (Lipinski definition) is 4. The first-order valence-electron chi connectivity index (χ1n) is 6.94. The highest BCUT2D eigenvalue weighted by Crippen LogP contribution is 2.38. The Labute approximate surface area is 118 Å². The van der Waals surface area contributed by atoms with Gasteiger partial charge in [-0.3, -0.25) is 16.0 Å². The Morgan fingerprint density at radius 3 is 3.10 bits per heavy atom. The minimum atomic E-state index is 0.111. The van der Waals surface area contributed by atoms with Crippen LogP contribution < -0.4 is 16.0 Å². The number of para-hydroxylation sites is 1. The standard InChI is InChI=1S/C15H20N4O/c1-19-10-12(9-17-19)14(18-16)8-11-6-7-20-15-5-3-2-4-13(11)15/h2-5,9-11,14,18H,6-8,16H2,1H3. The van der Waals surface area contributed by atoms with E-state index in [1.54, 1.807) is 4.68 Å². The van der Waals surface area contributed by atoms with Crippen LogP contribution in [0.2, 0.25) is 0 Å². The minimum absolute atomic E-state index is 0.111. The van der Waals surface area contributed by atoms with Crippen molar-refractivity contribution in [3.8, 4) is 5.75 Å². The molecular formula is C15H20N4O. The molecule has 2 unspecified atom stereocenters. The molecule has 0 radical (unpaired) electrons. The van der Waals surface area contributed by atoms with Crippen LogP contribution >= 0.6 is 0 Å². The third-order valence-corrected chi connectivity index (χ3v) is 3.93. The van der Waals surface area contributed by atoms with Crippen molar-refractivity contribution in [2.75, 3.05) is 6.61 Å². The number of hydrogen-bond donors (Lipinski definition) is 2. The van der Waals surface area contributed by atoms with E-state index < -0.39 is 0 Å². The lowest BCUT2D eigenvalue weighted by atomic mass is 9.86. The number of nitrogens with zero attached hydrogens (tertiary/aromatic N) is 2. The van der Waals surface area contributed by atoms with E-state index in [-0.39, 0.29) is 6.04 Å². The maximum absolute atomic E-state index is 5.73. The Morgan fingerprint density at radius 2 is 2.35 bits per heavy atom. The number of aromatic nitrogens is 2. The molecule has 20 heavy (non-hydrogen) atoms. The molecule has 0 fully saturated rings. The highest BCUT2D eigenvalue weighted by atomic mass is 16.5. The molecule has 0 aliphatic carbocycles. The third kappa shape index (κ3) is 2.55. The Balaban J connectivity index is 1.80. The molecule has 2 heterocycles. The van der Waals surface area contributed by atoms with Gasteiger partial charge in [0.2, 0.25) is 0 Å². The zero-order chi connectivity index (χ0) is 13.9. The largest absolute Gasteiger partial charge is 0.493 e. The highest BCUT2D eigenvalue weighted by molar-refractivity contribution is 5.38. The number of rotatable bonds is 4. The maximum atomic E-state index is 5.73. The average molecular weight is 272 g/mol. The second-order valence-electron chi connectivity index (χ2n) is 5.27. The van der Waals surface area contributed by atoms with Crippen LogP contribution in [0, 0.1) is 0 Å². The molecule has 1 aliphatic rings. The van der Waals surface area contributed by atoms with Gasteiger partial charge in [-0.15, -0.1) is 0 Å². The van der Waals surface area contributed by atoms with Crippen molar-refractivity contribution < 1.29 is 4.74 Å². The van der Waals surface area contributed by atoms with Crippen molar-refractivity contribution in [2.45, 2.75) is 24.8 Å². The molecule has 5 heteroatoms. The van der Waals surface area contributed by atoms with E-state index in [1.807, 2.05) is 31.6 Å². The summed E-state index contributed by atoms with van der Waals surface area (Å²) >= 11 is 0. The molecule has 1 aromatic carbocycles. The molecule has 106 valence electrons. The third-order valence-electron chi connectivity index (χ3n) is 3.93. The van der Waals surface area contributed by atoms with Crippen LogP contribution in [0.3, 0.4) is 0 Å². The first-order chi connectivity index (χ1) is 9.78. The van der Waals surface area contributed by atoms with E-state index in [2.05, 4.69) is 22.7 Å². The fourth-order valence-electron chi connectivity index (χ4n) is 2.87. The number of fused-ring (bicyclic) bond motifs is 1. The van der Waals surface area contributed by atoms with Crippen LogP contribution in [0.1, 0.15) is 35.9 Å². The molecule has 0 spiro atoms. The summed E-state index contributed by atoms with van der Waals surface area (Å²) in [6.07, 6.45) is 5.85. The fraction of sp³-hybridized carbons (Fsp3) is 0.400. The second kappa shape index (κ2) is 5.64. The summed E-state index contributed by atoms with van der Waals surface area (Å²) in [6, 6.07) is 8.38. The Hall–Kier alpha value is -1.85. The van der Waals surface area contributed by atoms with E-state index in [4.69, 9.17) is 10.6 Å². The summed E-state index contributed by atoms with van der Waals surface area (Å²) in [5, 5.41) is 4.22. The smallest absolute Gasteiger partial charge is 0.122 e. The van der Waals surface area contributed by atoms with Crippen LogP contribution in [-0.4, -0.2) is 16.4 Å².